The number of hydrogen-bond acceptors (Lipinski definition) is 5. The molecule has 2 aromatic heterocycles. The lowest BCUT2D eigenvalue weighted by Gasteiger charge is -2.32. The van der Waals surface area contributed by atoms with Gasteiger partial charge in [-0.25, -0.2) is 4.98 Å². The average Bonchev–Trinajstić information content (AvgIpc) is 3.42. The van der Waals surface area contributed by atoms with E-state index in [0.717, 1.165) is 57.5 Å². The Kier molecular flexibility index (Phi) is 6.53. The van der Waals surface area contributed by atoms with E-state index in [4.69, 9.17) is 4.42 Å². The van der Waals surface area contributed by atoms with Crippen LogP contribution in [0.4, 0.5) is 6.01 Å². The van der Waals surface area contributed by atoms with E-state index in [1.165, 1.54) is 10.9 Å². The van der Waals surface area contributed by atoms with Gasteiger partial charge >= 0.3 is 0 Å². The quantitative estimate of drug-likeness (QED) is 0.527. The summed E-state index contributed by atoms with van der Waals surface area (Å²) in [4.78, 5) is 25.2. The summed E-state index contributed by atoms with van der Waals surface area (Å²) in [6.07, 6.45) is 7.16. The molecule has 1 aromatic carbocycles. The third-order valence-corrected chi connectivity index (χ3v) is 6.21. The van der Waals surface area contributed by atoms with E-state index < -0.39 is 0 Å². The molecule has 0 saturated carbocycles. The molecular formula is C24H32N4O2. The summed E-state index contributed by atoms with van der Waals surface area (Å²) in [6.45, 7) is 9.22. The molecule has 1 atom stereocenters. The van der Waals surface area contributed by atoms with E-state index >= 15 is 0 Å². The van der Waals surface area contributed by atoms with E-state index in [2.05, 4.69) is 58.0 Å². The summed E-state index contributed by atoms with van der Waals surface area (Å²) in [6, 6.07) is 8.93. The topological polar surface area (TPSA) is 65.4 Å². The Hall–Kier alpha value is -2.60. The smallest absolute Gasteiger partial charge is 0.297 e. The second-order valence-corrected chi connectivity index (χ2v) is 8.27. The highest BCUT2D eigenvalue weighted by Gasteiger charge is 2.23. The summed E-state index contributed by atoms with van der Waals surface area (Å²) in [5.41, 5.74) is 2.43. The molecule has 30 heavy (non-hydrogen) atoms. The van der Waals surface area contributed by atoms with Crippen LogP contribution >= 0.6 is 0 Å². The van der Waals surface area contributed by atoms with Crippen LogP contribution in [-0.2, 0) is 6.42 Å². The van der Waals surface area contributed by atoms with Crippen LogP contribution in [0.25, 0.3) is 10.9 Å². The molecule has 1 N–H and O–H groups in total. The van der Waals surface area contributed by atoms with Crippen molar-refractivity contribution in [3.63, 3.8) is 0 Å². The molecule has 0 radical (unpaired) electrons. The molecule has 1 saturated heterocycles. The average molecular weight is 409 g/mol. The van der Waals surface area contributed by atoms with Crippen molar-refractivity contribution >= 4 is 22.7 Å². The Balaban J connectivity index is 1.40. The van der Waals surface area contributed by atoms with Crippen molar-refractivity contribution in [2.45, 2.75) is 39.5 Å². The molecule has 1 unspecified atom stereocenters. The minimum atomic E-state index is 0.0548. The van der Waals surface area contributed by atoms with Gasteiger partial charge in [0.2, 0.25) is 0 Å². The summed E-state index contributed by atoms with van der Waals surface area (Å²) in [7, 11) is 0. The lowest BCUT2D eigenvalue weighted by molar-refractivity contribution is 0.0931. The SMILES string of the molecule is CCCC(CC(=O)c1cnc(N2CCN(CC)CC2)o1)Cc1c[nH]c2ccccc12. The first-order chi connectivity index (χ1) is 14.7. The molecule has 1 aliphatic rings. The number of ketones is 1. The Morgan fingerprint density at radius 1 is 1.20 bits per heavy atom. The van der Waals surface area contributed by atoms with Crippen LogP contribution in [-0.4, -0.2) is 53.4 Å². The number of piperazine rings is 1. The first-order valence-electron chi connectivity index (χ1n) is 11.2. The molecule has 6 nitrogen and oxygen atoms in total. The van der Waals surface area contributed by atoms with Crippen LogP contribution in [0.5, 0.6) is 0 Å². The normalized spacial score (nSPS) is 16.3. The van der Waals surface area contributed by atoms with Crippen LogP contribution in [0.3, 0.4) is 0 Å². The molecule has 0 spiro atoms. The van der Waals surface area contributed by atoms with Gasteiger partial charge in [-0.15, -0.1) is 0 Å². The van der Waals surface area contributed by atoms with Gasteiger partial charge in [-0.3, -0.25) is 4.79 Å². The summed E-state index contributed by atoms with van der Waals surface area (Å²) < 4.78 is 5.88. The first kappa shape index (κ1) is 20.7. The van der Waals surface area contributed by atoms with Gasteiger partial charge in [0.15, 0.2) is 11.5 Å². The predicted molar refractivity (Wildman–Crippen MR) is 120 cm³/mol. The van der Waals surface area contributed by atoms with Crippen LogP contribution < -0.4 is 4.90 Å². The number of oxazole rings is 1. The largest absolute Gasteiger partial charge is 0.420 e. The van der Waals surface area contributed by atoms with Gasteiger partial charge in [-0.05, 0) is 36.9 Å². The highest BCUT2D eigenvalue weighted by atomic mass is 16.4. The van der Waals surface area contributed by atoms with Crippen LogP contribution in [0, 0.1) is 5.92 Å². The molecule has 0 aliphatic carbocycles. The number of carbonyl (C=O) groups is 1. The molecule has 160 valence electrons. The molecule has 4 rings (SSSR count). The van der Waals surface area contributed by atoms with E-state index in [1.54, 1.807) is 6.20 Å². The maximum absolute atomic E-state index is 12.9. The third-order valence-electron chi connectivity index (χ3n) is 6.21. The van der Waals surface area contributed by atoms with Gasteiger partial charge in [-0.2, -0.15) is 0 Å². The van der Waals surface area contributed by atoms with Crippen molar-refractivity contribution in [1.29, 1.82) is 0 Å². The van der Waals surface area contributed by atoms with Crippen molar-refractivity contribution in [3.05, 3.63) is 48.0 Å². The second kappa shape index (κ2) is 9.47. The number of likely N-dealkylation sites (N-methyl/N-ethyl adjacent to an activating group) is 1. The fourth-order valence-electron chi connectivity index (χ4n) is 4.45. The van der Waals surface area contributed by atoms with E-state index in [-0.39, 0.29) is 5.78 Å². The summed E-state index contributed by atoms with van der Waals surface area (Å²) in [5, 5.41) is 1.25. The van der Waals surface area contributed by atoms with Crippen LogP contribution in [0.1, 0.15) is 49.2 Å². The number of rotatable bonds is 9. The van der Waals surface area contributed by atoms with Gasteiger partial charge in [0.25, 0.3) is 6.01 Å². The summed E-state index contributed by atoms with van der Waals surface area (Å²) in [5.74, 6) is 0.741. The Morgan fingerprint density at radius 3 is 2.77 bits per heavy atom. The molecular weight excluding hydrogens is 376 g/mol. The maximum atomic E-state index is 12.9. The summed E-state index contributed by atoms with van der Waals surface area (Å²) >= 11 is 0. The number of aromatic nitrogens is 2. The number of aromatic amines is 1. The first-order valence-corrected chi connectivity index (χ1v) is 11.2. The van der Waals surface area contributed by atoms with Crippen LogP contribution in [0.15, 0.2) is 41.1 Å². The van der Waals surface area contributed by atoms with Crippen molar-refractivity contribution in [2.24, 2.45) is 5.92 Å². The number of nitrogens with zero attached hydrogens (tertiary/aromatic N) is 3. The number of fused-ring (bicyclic) bond motifs is 1. The fraction of sp³-hybridized carbons (Fsp3) is 0.500. The minimum Gasteiger partial charge on any atom is -0.420 e. The second-order valence-electron chi connectivity index (χ2n) is 8.27. The number of hydrogen-bond donors (Lipinski definition) is 1. The number of nitrogens with one attached hydrogen (secondary N) is 1. The highest BCUT2D eigenvalue weighted by molar-refractivity contribution is 5.93. The highest BCUT2D eigenvalue weighted by Crippen LogP contribution is 2.26. The number of anilines is 1. The van der Waals surface area contributed by atoms with E-state index in [9.17, 15) is 4.79 Å². The number of H-pyrrole nitrogens is 1. The number of Topliss-reactive ketones (excluding diaryl/α,β-unsaturated/α-hetero) is 1. The third kappa shape index (κ3) is 4.59. The standard InChI is InChI=1S/C24H32N4O2/c1-3-7-18(14-19-16-25-21-9-6-5-8-20(19)21)15-22(29)23-17-26-24(30-23)28-12-10-27(4-2)11-13-28/h5-6,8-9,16-18,25H,3-4,7,10-15H2,1-2H3. The van der Waals surface area contributed by atoms with Crippen molar-refractivity contribution in [2.75, 3.05) is 37.6 Å². The minimum absolute atomic E-state index is 0.0548. The number of benzene rings is 1. The molecule has 1 aliphatic heterocycles. The predicted octanol–water partition coefficient (Wildman–Crippen LogP) is 4.53. The van der Waals surface area contributed by atoms with E-state index in [0.29, 0.717) is 24.1 Å². The molecule has 0 amide bonds. The molecule has 3 aromatic rings. The van der Waals surface area contributed by atoms with Crippen LogP contribution in [0.2, 0.25) is 0 Å². The van der Waals surface area contributed by atoms with Gasteiger partial charge in [0, 0.05) is 49.7 Å². The number of para-hydroxylation sites is 1. The zero-order chi connectivity index (χ0) is 20.9. The zero-order valence-electron chi connectivity index (χ0n) is 18.1. The van der Waals surface area contributed by atoms with Gasteiger partial charge in [0.05, 0.1) is 6.20 Å². The molecule has 3 heterocycles. The zero-order valence-corrected chi connectivity index (χ0v) is 18.1. The molecule has 1 fully saturated rings. The van der Waals surface area contributed by atoms with E-state index in [1.807, 2.05) is 6.07 Å². The maximum Gasteiger partial charge on any atom is 0.297 e. The molecule has 0 bridgehead atoms. The monoisotopic (exact) mass is 408 g/mol. The Labute approximate surface area is 178 Å². The van der Waals surface area contributed by atoms with Gasteiger partial charge in [0.1, 0.15) is 0 Å². The Morgan fingerprint density at radius 2 is 2.00 bits per heavy atom. The van der Waals surface area contributed by atoms with Gasteiger partial charge < -0.3 is 19.2 Å². The van der Waals surface area contributed by atoms with Crippen molar-refractivity contribution in [1.82, 2.24) is 14.9 Å². The fourth-order valence-corrected chi connectivity index (χ4v) is 4.45. The van der Waals surface area contributed by atoms with Crippen molar-refractivity contribution < 1.29 is 9.21 Å². The lowest BCUT2D eigenvalue weighted by atomic mass is 9.90. The van der Waals surface area contributed by atoms with Gasteiger partial charge in [-0.1, -0.05) is 38.5 Å². The van der Waals surface area contributed by atoms with Crippen molar-refractivity contribution in [3.8, 4) is 0 Å². The Bertz CT molecular complexity index is 968. The number of carbonyl (C=O) groups excluding carboxylic acids is 1. The molecule has 6 heteroatoms. The lowest BCUT2D eigenvalue weighted by Crippen LogP contribution is -2.46.